The number of benzene rings is 1. The molecule has 32 heavy (non-hydrogen) atoms. The van der Waals surface area contributed by atoms with Crippen LogP contribution in [-0.2, 0) is 4.74 Å². The van der Waals surface area contributed by atoms with Crippen molar-refractivity contribution in [2.45, 2.75) is 31.5 Å². The topological polar surface area (TPSA) is 89.7 Å². The van der Waals surface area contributed by atoms with Gasteiger partial charge in [0.15, 0.2) is 17.0 Å². The van der Waals surface area contributed by atoms with E-state index >= 15 is 4.39 Å². The van der Waals surface area contributed by atoms with Crippen molar-refractivity contribution in [1.82, 2.24) is 19.7 Å². The Labute approximate surface area is 184 Å². The standard InChI is InChI=1S/C23H25FN4O4/c1-15-20-19(32-14-23(24)8-5-9-27(13-23)17-11-31-12-17)10-18(22(29)30)25-21(20)28(26-15)16-6-3-2-4-7-16/h2-4,6-7,10,17H,5,8-9,11-14H2,1H3,(H,29,30). The van der Waals surface area contributed by atoms with Crippen LogP contribution in [-0.4, -0.2) is 75.4 Å². The molecular weight excluding hydrogens is 415 g/mol. The van der Waals surface area contributed by atoms with Crippen LogP contribution in [0.1, 0.15) is 29.0 Å². The Kier molecular flexibility index (Phi) is 5.30. The summed E-state index contributed by atoms with van der Waals surface area (Å²) in [7, 11) is 0. The molecule has 9 heteroatoms. The van der Waals surface area contributed by atoms with Gasteiger partial charge in [0.05, 0.1) is 36.0 Å². The van der Waals surface area contributed by atoms with Gasteiger partial charge in [-0.05, 0) is 38.4 Å². The molecule has 0 radical (unpaired) electrons. The lowest BCUT2D eigenvalue weighted by Crippen LogP contribution is -2.57. The molecule has 2 aliphatic rings. The van der Waals surface area contributed by atoms with E-state index in [1.165, 1.54) is 6.07 Å². The summed E-state index contributed by atoms with van der Waals surface area (Å²) in [5, 5.41) is 14.7. The lowest BCUT2D eigenvalue weighted by Gasteiger charge is -2.44. The highest BCUT2D eigenvalue weighted by Crippen LogP contribution is 2.33. The molecule has 0 saturated carbocycles. The predicted octanol–water partition coefficient (Wildman–Crippen LogP) is 3.01. The number of aromatic nitrogens is 3. The minimum atomic E-state index is -1.52. The number of hydrogen-bond acceptors (Lipinski definition) is 6. The number of carboxylic acids is 1. The molecule has 0 spiro atoms. The third-order valence-corrected chi connectivity index (χ3v) is 6.18. The van der Waals surface area contributed by atoms with Crippen molar-refractivity contribution in [3.8, 4) is 11.4 Å². The summed E-state index contributed by atoms with van der Waals surface area (Å²) in [5.74, 6) is -0.896. The summed E-state index contributed by atoms with van der Waals surface area (Å²) in [6, 6.07) is 11.0. The van der Waals surface area contributed by atoms with Crippen LogP contribution in [0, 0.1) is 6.92 Å². The molecule has 4 heterocycles. The summed E-state index contributed by atoms with van der Waals surface area (Å²) in [6.45, 7) is 4.06. The first-order valence-electron chi connectivity index (χ1n) is 10.8. The van der Waals surface area contributed by atoms with Gasteiger partial charge in [-0.1, -0.05) is 18.2 Å². The van der Waals surface area contributed by atoms with Crippen molar-refractivity contribution in [2.75, 3.05) is 32.9 Å². The largest absolute Gasteiger partial charge is 0.489 e. The Morgan fingerprint density at radius 2 is 2.12 bits per heavy atom. The van der Waals surface area contributed by atoms with Crippen LogP contribution in [0.3, 0.4) is 0 Å². The fourth-order valence-corrected chi connectivity index (χ4v) is 4.41. The maximum absolute atomic E-state index is 15.7. The lowest BCUT2D eigenvalue weighted by molar-refractivity contribution is -0.0987. The molecule has 1 aromatic carbocycles. The van der Waals surface area contributed by atoms with Gasteiger partial charge in [0, 0.05) is 12.6 Å². The number of carboxylic acid groups (broad SMARTS) is 1. The van der Waals surface area contributed by atoms with E-state index in [0.29, 0.717) is 36.4 Å². The first kappa shape index (κ1) is 20.8. The number of aryl methyl sites for hydroxylation is 1. The summed E-state index contributed by atoms with van der Waals surface area (Å²) in [6.07, 6.45) is 1.15. The summed E-state index contributed by atoms with van der Waals surface area (Å²) >= 11 is 0. The molecule has 0 amide bonds. The van der Waals surface area contributed by atoms with Gasteiger partial charge < -0.3 is 14.6 Å². The van der Waals surface area contributed by atoms with Crippen molar-refractivity contribution in [2.24, 2.45) is 0 Å². The Bertz CT molecular complexity index is 1150. The number of carbonyl (C=O) groups is 1. The van der Waals surface area contributed by atoms with Gasteiger partial charge in [0.1, 0.15) is 12.4 Å². The average molecular weight is 440 g/mol. The van der Waals surface area contributed by atoms with Crippen molar-refractivity contribution in [3.63, 3.8) is 0 Å². The molecule has 2 saturated heterocycles. The van der Waals surface area contributed by atoms with Crippen LogP contribution in [0.15, 0.2) is 36.4 Å². The molecular formula is C23H25FN4O4. The van der Waals surface area contributed by atoms with E-state index in [1.807, 2.05) is 30.3 Å². The first-order valence-corrected chi connectivity index (χ1v) is 10.8. The Morgan fingerprint density at radius 1 is 1.34 bits per heavy atom. The number of pyridine rings is 1. The number of rotatable bonds is 6. The van der Waals surface area contributed by atoms with E-state index in [-0.39, 0.29) is 30.6 Å². The lowest BCUT2D eigenvalue weighted by atomic mass is 9.94. The number of halogens is 1. The maximum Gasteiger partial charge on any atom is 0.354 e. The van der Waals surface area contributed by atoms with Gasteiger partial charge in [-0.3, -0.25) is 4.90 Å². The molecule has 0 bridgehead atoms. The van der Waals surface area contributed by atoms with E-state index in [1.54, 1.807) is 11.6 Å². The van der Waals surface area contributed by atoms with E-state index in [2.05, 4.69) is 15.0 Å². The average Bonchev–Trinajstić information content (AvgIpc) is 3.08. The van der Waals surface area contributed by atoms with Gasteiger partial charge in [-0.15, -0.1) is 0 Å². The molecule has 5 rings (SSSR count). The third kappa shape index (κ3) is 3.82. The molecule has 3 aromatic rings. The highest BCUT2D eigenvalue weighted by atomic mass is 19.1. The number of fused-ring (bicyclic) bond motifs is 1. The molecule has 1 atom stereocenters. The van der Waals surface area contributed by atoms with E-state index in [9.17, 15) is 9.90 Å². The van der Waals surface area contributed by atoms with Crippen molar-refractivity contribution >= 4 is 17.0 Å². The normalized spacial score (nSPS) is 22.1. The summed E-state index contributed by atoms with van der Waals surface area (Å²) in [5.41, 5.74) is 0.0610. The predicted molar refractivity (Wildman–Crippen MR) is 115 cm³/mol. The zero-order valence-corrected chi connectivity index (χ0v) is 17.8. The molecule has 2 fully saturated rings. The minimum absolute atomic E-state index is 0.162. The van der Waals surface area contributed by atoms with Gasteiger partial charge >= 0.3 is 5.97 Å². The van der Waals surface area contributed by atoms with Crippen molar-refractivity contribution in [1.29, 1.82) is 0 Å². The highest BCUT2D eigenvalue weighted by Gasteiger charge is 2.40. The third-order valence-electron chi connectivity index (χ3n) is 6.18. The number of likely N-dealkylation sites (tertiary alicyclic amines) is 1. The quantitative estimate of drug-likeness (QED) is 0.630. The number of alkyl halides is 1. The van der Waals surface area contributed by atoms with E-state index in [0.717, 1.165) is 18.7 Å². The van der Waals surface area contributed by atoms with Crippen LogP contribution < -0.4 is 4.74 Å². The van der Waals surface area contributed by atoms with Crippen molar-refractivity contribution in [3.05, 3.63) is 47.8 Å². The monoisotopic (exact) mass is 440 g/mol. The molecule has 1 unspecified atom stereocenters. The van der Waals surface area contributed by atoms with E-state index < -0.39 is 11.6 Å². The maximum atomic E-state index is 15.7. The van der Waals surface area contributed by atoms with Crippen LogP contribution in [0.5, 0.6) is 5.75 Å². The Morgan fingerprint density at radius 3 is 2.81 bits per heavy atom. The number of ether oxygens (including phenoxy) is 2. The Hall–Kier alpha value is -3.04. The summed E-state index contributed by atoms with van der Waals surface area (Å²) < 4.78 is 28.5. The second-order valence-electron chi connectivity index (χ2n) is 8.55. The minimum Gasteiger partial charge on any atom is -0.489 e. The molecule has 2 aliphatic heterocycles. The fraction of sp³-hybridized carbons (Fsp3) is 0.435. The van der Waals surface area contributed by atoms with Gasteiger partial charge in [0.25, 0.3) is 0 Å². The van der Waals surface area contributed by atoms with Gasteiger partial charge in [-0.25, -0.2) is 18.9 Å². The highest BCUT2D eigenvalue weighted by molar-refractivity contribution is 5.93. The number of aromatic carboxylic acids is 1. The van der Waals surface area contributed by atoms with Crippen LogP contribution in [0.4, 0.5) is 4.39 Å². The molecule has 8 nitrogen and oxygen atoms in total. The SMILES string of the molecule is Cc1nn(-c2ccccc2)c2nc(C(=O)O)cc(OCC3(F)CCCN(C4COC4)C3)c12. The second kappa shape index (κ2) is 8.14. The van der Waals surface area contributed by atoms with Crippen LogP contribution in [0.2, 0.25) is 0 Å². The second-order valence-corrected chi connectivity index (χ2v) is 8.55. The number of nitrogens with zero attached hydrogens (tertiary/aromatic N) is 4. The molecule has 2 aromatic heterocycles. The number of para-hydroxylation sites is 1. The van der Waals surface area contributed by atoms with Gasteiger partial charge in [-0.2, -0.15) is 5.10 Å². The fourth-order valence-electron chi connectivity index (χ4n) is 4.41. The summed E-state index contributed by atoms with van der Waals surface area (Å²) in [4.78, 5) is 18.2. The zero-order chi connectivity index (χ0) is 22.3. The first-order chi connectivity index (χ1) is 15.4. The molecule has 0 aliphatic carbocycles. The zero-order valence-electron chi connectivity index (χ0n) is 17.8. The van der Waals surface area contributed by atoms with Crippen LogP contribution in [0.25, 0.3) is 16.7 Å². The van der Waals surface area contributed by atoms with Gasteiger partial charge in [0.2, 0.25) is 0 Å². The van der Waals surface area contributed by atoms with Crippen LogP contribution >= 0.6 is 0 Å². The molecule has 168 valence electrons. The van der Waals surface area contributed by atoms with Crippen molar-refractivity contribution < 1.29 is 23.8 Å². The number of hydrogen-bond donors (Lipinski definition) is 1. The van der Waals surface area contributed by atoms with E-state index in [4.69, 9.17) is 9.47 Å². The Balaban J connectivity index is 1.48. The number of piperidine rings is 1. The molecule has 1 N–H and O–H groups in total. The smallest absolute Gasteiger partial charge is 0.354 e.